The molecule has 0 unspecified atom stereocenters. The van der Waals surface area contributed by atoms with Crippen LogP contribution in [0.25, 0.3) is 0 Å². The van der Waals surface area contributed by atoms with E-state index in [9.17, 15) is 9.59 Å². The van der Waals surface area contributed by atoms with Crippen molar-refractivity contribution in [3.05, 3.63) is 80.4 Å². The highest BCUT2D eigenvalue weighted by Crippen LogP contribution is 2.02. The molecule has 22 heavy (non-hydrogen) atoms. The summed E-state index contributed by atoms with van der Waals surface area (Å²) < 4.78 is 1.33. The van der Waals surface area contributed by atoms with E-state index in [0.717, 1.165) is 5.56 Å². The molecule has 0 atom stereocenters. The zero-order valence-electron chi connectivity index (χ0n) is 12.3. The fourth-order valence-electron chi connectivity index (χ4n) is 2.03. The van der Waals surface area contributed by atoms with Crippen molar-refractivity contribution < 1.29 is 0 Å². The number of aromatic nitrogens is 2. The number of hydrazine groups is 1. The lowest BCUT2D eigenvalue weighted by atomic mass is 10.2. The Morgan fingerprint density at radius 1 is 1.32 bits per heavy atom. The van der Waals surface area contributed by atoms with Crippen LogP contribution in [-0.4, -0.2) is 14.6 Å². The van der Waals surface area contributed by atoms with E-state index in [2.05, 4.69) is 4.98 Å². The molecule has 0 amide bonds. The van der Waals surface area contributed by atoms with Gasteiger partial charge in [0.25, 0.3) is 5.56 Å². The van der Waals surface area contributed by atoms with Gasteiger partial charge in [-0.3, -0.25) is 14.3 Å². The SMILES string of the molecule is Cc1cn(C/C(N)=C/N(N)Cc2ccccc2)c(=O)[nH]c1=O. The topological polar surface area (TPSA) is 110 Å². The van der Waals surface area contributed by atoms with Crippen LogP contribution in [0, 0.1) is 6.92 Å². The second kappa shape index (κ2) is 6.77. The average Bonchev–Trinajstić information content (AvgIpc) is 2.45. The number of H-pyrrole nitrogens is 1. The van der Waals surface area contributed by atoms with E-state index in [1.807, 2.05) is 30.3 Å². The fourth-order valence-corrected chi connectivity index (χ4v) is 2.03. The lowest BCUT2D eigenvalue weighted by Gasteiger charge is -2.15. The van der Waals surface area contributed by atoms with Crippen molar-refractivity contribution in [3.63, 3.8) is 0 Å². The first-order valence-corrected chi connectivity index (χ1v) is 6.77. The summed E-state index contributed by atoms with van der Waals surface area (Å²) in [5.74, 6) is 5.88. The van der Waals surface area contributed by atoms with Gasteiger partial charge < -0.3 is 10.7 Å². The molecular formula is C15H19N5O2. The van der Waals surface area contributed by atoms with E-state index in [1.165, 1.54) is 15.8 Å². The number of aromatic amines is 1. The van der Waals surface area contributed by atoms with E-state index in [1.54, 1.807) is 13.1 Å². The van der Waals surface area contributed by atoms with Crippen LogP contribution in [0.15, 0.2) is 58.0 Å². The lowest BCUT2D eigenvalue weighted by Crippen LogP contribution is -2.33. The zero-order valence-corrected chi connectivity index (χ0v) is 12.3. The van der Waals surface area contributed by atoms with Crippen LogP contribution in [-0.2, 0) is 13.1 Å². The summed E-state index contributed by atoms with van der Waals surface area (Å²) in [6, 6.07) is 9.70. The molecule has 0 radical (unpaired) electrons. The average molecular weight is 301 g/mol. The molecule has 0 saturated carbocycles. The number of benzene rings is 1. The molecule has 0 saturated heterocycles. The Hall–Kier alpha value is -2.80. The van der Waals surface area contributed by atoms with E-state index < -0.39 is 11.2 Å². The molecule has 5 N–H and O–H groups in total. The molecule has 0 aliphatic heterocycles. The molecule has 1 aromatic carbocycles. The van der Waals surface area contributed by atoms with Gasteiger partial charge in [-0.15, -0.1) is 0 Å². The van der Waals surface area contributed by atoms with Crippen LogP contribution < -0.4 is 22.8 Å². The molecule has 7 heteroatoms. The Balaban J connectivity index is 2.08. The predicted octanol–water partition coefficient (Wildman–Crippen LogP) is 0.0210. The van der Waals surface area contributed by atoms with Crippen molar-refractivity contribution >= 4 is 0 Å². The van der Waals surface area contributed by atoms with Gasteiger partial charge in [-0.2, -0.15) is 0 Å². The molecule has 2 aromatic rings. The number of nitrogens with two attached hydrogens (primary N) is 2. The monoisotopic (exact) mass is 301 g/mol. The van der Waals surface area contributed by atoms with Crippen molar-refractivity contribution in [1.29, 1.82) is 0 Å². The maximum atomic E-state index is 11.7. The minimum atomic E-state index is -0.501. The van der Waals surface area contributed by atoms with Gasteiger partial charge in [-0.25, -0.2) is 10.6 Å². The van der Waals surface area contributed by atoms with Gasteiger partial charge in [-0.1, -0.05) is 30.3 Å². The molecule has 0 fully saturated rings. The summed E-state index contributed by atoms with van der Waals surface area (Å²) in [6.07, 6.45) is 3.04. The Morgan fingerprint density at radius 2 is 2.00 bits per heavy atom. The third kappa shape index (κ3) is 4.10. The van der Waals surface area contributed by atoms with Crippen LogP contribution in [0.1, 0.15) is 11.1 Å². The van der Waals surface area contributed by atoms with Crippen LogP contribution in [0.4, 0.5) is 0 Å². The quantitative estimate of drug-likeness (QED) is 0.533. The molecule has 2 rings (SSSR count). The molecular weight excluding hydrogens is 282 g/mol. The summed E-state index contributed by atoms with van der Waals surface area (Å²) in [7, 11) is 0. The Morgan fingerprint density at radius 3 is 2.68 bits per heavy atom. The van der Waals surface area contributed by atoms with E-state index in [4.69, 9.17) is 11.6 Å². The highest BCUT2D eigenvalue weighted by molar-refractivity contribution is 5.15. The van der Waals surface area contributed by atoms with E-state index in [0.29, 0.717) is 17.8 Å². The zero-order chi connectivity index (χ0) is 16.1. The third-order valence-corrected chi connectivity index (χ3v) is 3.08. The highest BCUT2D eigenvalue weighted by atomic mass is 16.2. The Kier molecular flexibility index (Phi) is 4.80. The molecule has 1 heterocycles. The van der Waals surface area contributed by atoms with Crippen molar-refractivity contribution in [3.8, 4) is 0 Å². The van der Waals surface area contributed by atoms with Gasteiger partial charge in [0, 0.05) is 23.7 Å². The minimum Gasteiger partial charge on any atom is -0.399 e. The second-order valence-electron chi connectivity index (χ2n) is 5.06. The maximum absolute atomic E-state index is 11.7. The molecule has 1 aromatic heterocycles. The predicted molar refractivity (Wildman–Crippen MR) is 84.5 cm³/mol. The molecule has 0 aliphatic rings. The van der Waals surface area contributed by atoms with Gasteiger partial charge in [0.15, 0.2) is 0 Å². The van der Waals surface area contributed by atoms with Crippen molar-refractivity contribution in [2.45, 2.75) is 20.0 Å². The number of hydrogen-bond donors (Lipinski definition) is 3. The summed E-state index contributed by atoms with van der Waals surface area (Å²) in [5.41, 5.74) is 6.91. The lowest BCUT2D eigenvalue weighted by molar-refractivity contribution is 0.381. The van der Waals surface area contributed by atoms with Gasteiger partial charge in [-0.05, 0) is 12.5 Å². The number of nitrogens with one attached hydrogen (secondary N) is 1. The van der Waals surface area contributed by atoms with Gasteiger partial charge in [0.1, 0.15) is 0 Å². The number of allylic oxidation sites excluding steroid dienone is 1. The van der Waals surface area contributed by atoms with Crippen molar-refractivity contribution in [1.82, 2.24) is 14.6 Å². The molecule has 0 bridgehead atoms. The minimum absolute atomic E-state index is 0.152. The molecule has 116 valence electrons. The van der Waals surface area contributed by atoms with Gasteiger partial charge in [0.05, 0.1) is 13.1 Å². The number of rotatable bonds is 5. The summed E-state index contributed by atoms with van der Waals surface area (Å²) in [4.78, 5) is 25.2. The van der Waals surface area contributed by atoms with Crippen LogP contribution >= 0.6 is 0 Å². The standard InChI is InChI=1S/C15H19N5O2/c1-11-7-19(15(22)18-14(11)21)9-13(16)10-20(17)8-12-5-3-2-4-6-12/h2-7,10H,8-9,16-17H2,1H3,(H,18,21,22)/b13-10-. The smallest absolute Gasteiger partial charge is 0.328 e. The van der Waals surface area contributed by atoms with Crippen molar-refractivity contribution in [2.75, 3.05) is 0 Å². The summed E-state index contributed by atoms with van der Waals surface area (Å²) >= 11 is 0. The van der Waals surface area contributed by atoms with E-state index in [-0.39, 0.29) is 6.54 Å². The van der Waals surface area contributed by atoms with Crippen molar-refractivity contribution in [2.24, 2.45) is 11.6 Å². The van der Waals surface area contributed by atoms with E-state index >= 15 is 0 Å². The first kappa shape index (κ1) is 15.6. The van der Waals surface area contributed by atoms with Gasteiger partial charge >= 0.3 is 5.69 Å². The summed E-state index contributed by atoms with van der Waals surface area (Å²) in [5, 5.41) is 1.45. The van der Waals surface area contributed by atoms with Gasteiger partial charge in [0.2, 0.25) is 0 Å². The first-order valence-electron chi connectivity index (χ1n) is 6.77. The van der Waals surface area contributed by atoms with Crippen LogP contribution in [0.5, 0.6) is 0 Å². The third-order valence-electron chi connectivity index (χ3n) is 3.08. The number of aryl methyl sites for hydroxylation is 1. The first-order chi connectivity index (χ1) is 10.5. The molecule has 0 spiro atoms. The summed E-state index contributed by atoms with van der Waals surface area (Å²) in [6.45, 7) is 2.28. The fraction of sp³-hybridized carbons (Fsp3) is 0.200. The number of nitrogens with zero attached hydrogens (tertiary/aromatic N) is 2. The largest absolute Gasteiger partial charge is 0.399 e. The highest BCUT2D eigenvalue weighted by Gasteiger charge is 2.03. The number of hydrogen-bond acceptors (Lipinski definition) is 5. The second-order valence-corrected chi connectivity index (χ2v) is 5.06. The normalized spacial score (nSPS) is 11.5. The van der Waals surface area contributed by atoms with Crippen LogP contribution in [0.3, 0.4) is 0 Å². The molecule has 0 aliphatic carbocycles. The maximum Gasteiger partial charge on any atom is 0.328 e. The van der Waals surface area contributed by atoms with Crippen LogP contribution in [0.2, 0.25) is 0 Å². The Labute approximate surface area is 127 Å². The molecule has 7 nitrogen and oxygen atoms in total. The Bertz CT molecular complexity index is 777.